The molecule has 0 fully saturated rings. The van der Waals surface area contributed by atoms with Crippen molar-refractivity contribution >= 4 is 0 Å². The molecule has 2 heterocycles. The lowest BCUT2D eigenvalue weighted by atomic mass is 10.1. The fraction of sp³-hybridized carbons (Fsp3) is 0.533. The largest absolute Gasteiger partial charge is 0.306 e. The van der Waals surface area contributed by atoms with Crippen LogP contribution >= 0.6 is 0 Å². The first-order valence-corrected chi connectivity index (χ1v) is 7.34. The summed E-state index contributed by atoms with van der Waals surface area (Å²) >= 11 is 0. The molecular weight excluding hydrogens is 252 g/mol. The van der Waals surface area contributed by atoms with Gasteiger partial charge in [-0.15, -0.1) is 0 Å². The van der Waals surface area contributed by atoms with E-state index in [1.54, 1.807) is 4.68 Å². The standard InChI is InChI=1S/C15H20N4O/c1-3-12-11(9-19(2)18-12)14-16-13-8-6-4-5-7-10(13)15(20)17-14/h9H,3-8H2,1-2H3,(H,16,17,20). The van der Waals surface area contributed by atoms with E-state index in [-0.39, 0.29) is 5.56 Å². The maximum atomic E-state index is 12.3. The lowest BCUT2D eigenvalue weighted by molar-refractivity contribution is 0.708. The smallest absolute Gasteiger partial charge is 0.254 e. The van der Waals surface area contributed by atoms with Crippen LogP contribution < -0.4 is 5.56 Å². The van der Waals surface area contributed by atoms with Gasteiger partial charge in [-0.1, -0.05) is 13.3 Å². The monoisotopic (exact) mass is 272 g/mol. The van der Waals surface area contributed by atoms with Crippen molar-refractivity contribution in [3.8, 4) is 11.4 Å². The summed E-state index contributed by atoms with van der Waals surface area (Å²) in [7, 11) is 1.89. The molecule has 1 aliphatic carbocycles. The summed E-state index contributed by atoms with van der Waals surface area (Å²) in [5, 5.41) is 4.42. The quantitative estimate of drug-likeness (QED) is 0.850. The third-order valence-electron chi connectivity index (χ3n) is 3.94. The highest BCUT2D eigenvalue weighted by Gasteiger charge is 2.17. The second-order valence-electron chi connectivity index (χ2n) is 5.42. The van der Waals surface area contributed by atoms with Gasteiger partial charge in [-0.2, -0.15) is 5.10 Å². The molecule has 20 heavy (non-hydrogen) atoms. The number of fused-ring (bicyclic) bond motifs is 1. The van der Waals surface area contributed by atoms with Gasteiger partial charge in [-0.3, -0.25) is 9.48 Å². The predicted octanol–water partition coefficient (Wildman–Crippen LogP) is 2.00. The molecule has 0 saturated carbocycles. The highest BCUT2D eigenvalue weighted by atomic mass is 16.1. The van der Waals surface area contributed by atoms with E-state index >= 15 is 0 Å². The number of aromatic amines is 1. The fourth-order valence-corrected chi connectivity index (χ4v) is 2.90. The van der Waals surface area contributed by atoms with Crippen molar-refractivity contribution in [2.24, 2.45) is 7.05 Å². The summed E-state index contributed by atoms with van der Waals surface area (Å²) in [4.78, 5) is 20.0. The maximum absolute atomic E-state index is 12.3. The second-order valence-corrected chi connectivity index (χ2v) is 5.42. The molecule has 0 aliphatic heterocycles. The van der Waals surface area contributed by atoms with Gasteiger partial charge in [0.1, 0.15) is 5.82 Å². The van der Waals surface area contributed by atoms with Gasteiger partial charge < -0.3 is 4.98 Å². The first-order valence-electron chi connectivity index (χ1n) is 7.34. The van der Waals surface area contributed by atoms with Gasteiger partial charge in [0.25, 0.3) is 5.56 Å². The Morgan fingerprint density at radius 3 is 2.90 bits per heavy atom. The van der Waals surface area contributed by atoms with Crippen molar-refractivity contribution < 1.29 is 0 Å². The van der Waals surface area contributed by atoms with Crippen molar-refractivity contribution in [2.45, 2.75) is 45.4 Å². The van der Waals surface area contributed by atoms with Crippen LogP contribution in [0.25, 0.3) is 11.4 Å². The zero-order chi connectivity index (χ0) is 14.1. The van der Waals surface area contributed by atoms with E-state index in [1.807, 2.05) is 13.2 Å². The number of nitrogens with zero attached hydrogens (tertiary/aromatic N) is 3. The van der Waals surface area contributed by atoms with E-state index in [0.29, 0.717) is 5.82 Å². The molecule has 2 aromatic heterocycles. The van der Waals surface area contributed by atoms with Crippen LogP contribution in [0.5, 0.6) is 0 Å². The predicted molar refractivity (Wildman–Crippen MR) is 77.7 cm³/mol. The SMILES string of the molecule is CCc1nn(C)cc1-c1nc2c(c(=O)[nH]1)CCCCC2. The Morgan fingerprint density at radius 2 is 2.10 bits per heavy atom. The van der Waals surface area contributed by atoms with Gasteiger partial charge in [0, 0.05) is 18.8 Å². The summed E-state index contributed by atoms with van der Waals surface area (Å²) in [5.41, 5.74) is 3.81. The highest BCUT2D eigenvalue weighted by Crippen LogP contribution is 2.22. The van der Waals surface area contributed by atoms with E-state index in [0.717, 1.165) is 54.6 Å². The van der Waals surface area contributed by atoms with Gasteiger partial charge in [0.2, 0.25) is 0 Å². The van der Waals surface area contributed by atoms with Crippen LogP contribution in [-0.2, 0) is 26.3 Å². The van der Waals surface area contributed by atoms with Gasteiger partial charge in [-0.05, 0) is 32.1 Å². The summed E-state index contributed by atoms with van der Waals surface area (Å²) < 4.78 is 1.78. The average Bonchev–Trinajstić information content (AvgIpc) is 2.66. The molecule has 5 heteroatoms. The molecule has 1 aliphatic rings. The Kier molecular flexibility index (Phi) is 3.42. The van der Waals surface area contributed by atoms with E-state index in [4.69, 9.17) is 4.98 Å². The summed E-state index contributed by atoms with van der Waals surface area (Å²) in [6.45, 7) is 2.06. The molecule has 3 rings (SSSR count). The van der Waals surface area contributed by atoms with Crippen LogP contribution in [0.3, 0.4) is 0 Å². The first-order chi connectivity index (χ1) is 9.69. The zero-order valence-electron chi connectivity index (χ0n) is 12.1. The molecule has 2 aromatic rings. The van der Waals surface area contributed by atoms with Crippen LogP contribution in [0.4, 0.5) is 0 Å². The van der Waals surface area contributed by atoms with Crippen LogP contribution in [-0.4, -0.2) is 19.7 Å². The highest BCUT2D eigenvalue weighted by molar-refractivity contribution is 5.57. The lowest BCUT2D eigenvalue weighted by Crippen LogP contribution is -2.18. The molecule has 0 aromatic carbocycles. The van der Waals surface area contributed by atoms with Crippen molar-refractivity contribution in [2.75, 3.05) is 0 Å². The molecule has 0 bridgehead atoms. The maximum Gasteiger partial charge on any atom is 0.254 e. The van der Waals surface area contributed by atoms with E-state index in [2.05, 4.69) is 17.0 Å². The molecule has 0 radical (unpaired) electrons. The number of aromatic nitrogens is 4. The van der Waals surface area contributed by atoms with Gasteiger partial charge in [-0.25, -0.2) is 4.98 Å². The van der Waals surface area contributed by atoms with Crippen LogP contribution in [0, 0.1) is 0 Å². The number of rotatable bonds is 2. The number of nitrogens with one attached hydrogen (secondary N) is 1. The van der Waals surface area contributed by atoms with Crippen molar-refractivity contribution in [3.63, 3.8) is 0 Å². The number of hydrogen-bond donors (Lipinski definition) is 1. The van der Waals surface area contributed by atoms with Crippen LogP contribution in [0.15, 0.2) is 11.0 Å². The topological polar surface area (TPSA) is 63.6 Å². The summed E-state index contributed by atoms with van der Waals surface area (Å²) in [5.74, 6) is 0.667. The second kappa shape index (κ2) is 5.23. The Balaban J connectivity index is 2.13. The number of H-pyrrole nitrogens is 1. The number of hydrogen-bond acceptors (Lipinski definition) is 3. The van der Waals surface area contributed by atoms with Crippen LogP contribution in [0.1, 0.15) is 43.1 Å². The minimum atomic E-state index is 0.0257. The Bertz CT molecular complexity index is 684. The minimum Gasteiger partial charge on any atom is -0.306 e. The average molecular weight is 272 g/mol. The Morgan fingerprint density at radius 1 is 1.30 bits per heavy atom. The first kappa shape index (κ1) is 13.1. The minimum absolute atomic E-state index is 0.0257. The van der Waals surface area contributed by atoms with Gasteiger partial charge in [0.05, 0.1) is 17.0 Å². The lowest BCUT2D eigenvalue weighted by Gasteiger charge is -2.07. The molecule has 0 unspecified atom stereocenters. The van der Waals surface area contributed by atoms with Crippen molar-refractivity contribution in [3.05, 3.63) is 33.5 Å². The molecule has 0 spiro atoms. The van der Waals surface area contributed by atoms with Crippen molar-refractivity contribution in [1.29, 1.82) is 0 Å². The summed E-state index contributed by atoms with van der Waals surface area (Å²) in [6.07, 6.45) is 7.91. The zero-order valence-corrected chi connectivity index (χ0v) is 12.1. The third-order valence-corrected chi connectivity index (χ3v) is 3.94. The Hall–Kier alpha value is -1.91. The fourth-order valence-electron chi connectivity index (χ4n) is 2.90. The normalized spacial score (nSPS) is 14.9. The molecule has 0 saturated heterocycles. The molecular formula is C15H20N4O. The van der Waals surface area contributed by atoms with Gasteiger partial charge >= 0.3 is 0 Å². The van der Waals surface area contributed by atoms with E-state index < -0.39 is 0 Å². The van der Waals surface area contributed by atoms with Crippen molar-refractivity contribution in [1.82, 2.24) is 19.7 Å². The molecule has 1 N–H and O–H groups in total. The van der Waals surface area contributed by atoms with Crippen LogP contribution in [0.2, 0.25) is 0 Å². The van der Waals surface area contributed by atoms with E-state index in [1.165, 1.54) is 6.42 Å². The molecule has 0 amide bonds. The molecule has 0 atom stereocenters. The molecule has 106 valence electrons. The Labute approximate surface area is 118 Å². The number of aryl methyl sites for hydroxylation is 3. The van der Waals surface area contributed by atoms with Gasteiger partial charge in [0.15, 0.2) is 0 Å². The third kappa shape index (κ3) is 2.28. The summed E-state index contributed by atoms with van der Waals surface area (Å²) in [6, 6.07) is 0. The molecule has 5 nitrogen and oxygen atoms in total. The van der Waals surface area contributed by atoms with E-state index in [9.17, 15) is 4.79 Å².